The van der Waals surface area contributed by atoms with Crippen molar-refractivity contribution in [3.8, 4) is 0 Å². The Morgan fingerprint density at radius 2 is 2.11 bits per heavy atom. The lowest BCUT2D eigenvalue weighted by atomic mass is 10.3. The zero-order valence-electron chi connectivity index (χ0n) is 9.86. The van der Waals surface area contributed by atoms with Crippen LogP contribution in [0.1, 0.15) is 6.42 Å². The van der Waals surface area contributed by atoms with E-state index in [1.165, 1.54) is 4.31 Å². The van der Waals surface area contributed by atoms with Gasteiger partial charge in [0.25, 0.3) is 0 Å². The fourth-order valence-corrected chi connectivity index (χ4v) is 5.21. The van der Waals surface area contributed by atoms with Crippen molar-refractivity contribution in [1.29, 1.82) is 0 Å². The minimum atomic E-state index is -3.40. The third-order valence-electron chi connectivity index (χ3n) is 3.07. The molecule has 18 heavy (non-hydrogen) atoms. The highest BCUT2D eigenvalue weighted by atomic mass is 79.9. The SMILES string of the molecule is CNC1CCN(S(=O)(=O)c2ccc(Br)cc2Br)C1. The Hall–Kier alpha value is 0.0500. The summed E-state index contributed by atoms with van der Waals surface area (Å²) in [5, 5.41) is 3.12. The highest BCUT2D eigenvalue weighted by Crippen LogP contribution is 2.29. The summed E-state index contributed by atoms with van der Waals surface area (Å²) in [6, 6.07) is 5.35. The molecule has 4 nitrogen and oxygen atoms in total. The van der Waals surface area contributed by atoms with E-state index >= 15 is 0 Å². The number of hydrogen-bond donors (Lipinski definition) is 1. The van der Waals surface area contributed by atoms with Crippen LogP contribution in [0.15, 0.2) is 32.0 Å². The Balaban J connectivity index is 2.31. The van der Waals surface area contributed by atoms with Crippen LogP contribution in [0.3, 0.4) is 0 Å². The summed E-state index contributed by atoms with van der Waals surface area (Å²) >= 11 is 6.63. The summed E-state index contributed by atoms with van der Waals surface area (Å²) in [4.78, 5) is 0.322. The van der Waals surface area contributed by atoms with Gasteiger partial charge in [0.2, 0.25) is 10.0 Å². The van der Waals surface area contributed by atoms with E-state index < -0.39 is 10.0 Å². The zero-order valence-corrected chi connectivity index (χ0v) is 13.8. The van der Waals surface area contributed by atoms with Gasteiger partial charge in [-0.25, -0.2) is 8.42 Å². The molecule has 1 atom stereocenters. The number of hydrogen-bond acceptors (Lipinski definition) is 3. The van der Waals surface area contributed by atoms with Crippen molar-refractivity contribution in [2.45, 2.75) is 17.4 Å². The fraction of sp³-hybridized carbons (Fsp3) is 0.455. The molecule has 0 bridgehead atoms. The third kappa shape index (κ3) is 2.80. The van der Waals surface area contributed by atoms with Crippen LogP contribution in [0.4, 0.5) is 0 Å². The molecule has 1 aliphatic rings. The fourth-order valence-electron chi connectivity index (χ4n) is 2.01. The highest BCUT2D eigenvalue weighted by Gasteiger charge is 2.32. The predicted octanol–water partition coefficient (Wildman–Crippen LogP) is 2.19. The molecule has 1 aromatic carbocycles. The van der Waals surface area contributed by atoms with Crippen molar-refractivity contribution in [1.82, 2.24) is 9.62 Å². The summed E-state index contributed by atoms with van der Waals surface area (Å²) in [5.41, 5.74) is 0. The van der Waals surface area contributed by atoms with Gasteiger partial charge < -0.3 is 5.32 Å². The lowest BCUT2D eigenvalue weighted by molar-refractivity contribution is 0.464. The van der Waals surface area contributed by atoms with Crippen molar-refractivity contribution in [3.05, 3.63) is 27.1 Å². The van der Waals surface area contributed by atoms with Crippen LogP contribution in [0.25, 0.3) is 0 Å². The van der Waals surface area contributed by atoms with Crippen LogP contribution in [0.5, 0.6) is 0 Å². The normalized spacial score (nSPS) is 21.4. The molecule has 1 heterocycles. The number of sulfonamides is 1. The second-order valence-corrected chi connectivity index (χ2v) is 7.89. The van der Waals surface area contributed by atoms with Gasteiger partial charge in [-0.05, 0) is 47.6 Å². The first kappa shape index (κ1) is 14.5. The summed E-state index contributed by atoms with van der Waals surface area (Å²) in [6.07, 6.45) is 0.851. The lowest BCUT2D eigenvalue weighted by Crippen LogP contribution is -2.33. The largest absolute Gasteiger partial charge is 0.316 e. The molecule has 1 N–H and O–H groups in total. The molecule has 0 saturated carbocycles. The van der Waals surface area contributed by atoms with Crippen LogP contribution < -0.4 is 5.32 Å². The molecule has 7 heteroatoms. The summed E-state index contributed by atoms with van der Waals surface area (Å²) in [6.45, 7) is 1.09. The van der Waals surface area contributed by atoms with E-state index in [0.717, 1.165) is 10.9 Å². The third-order valence-corrected chi connectivity index (χ3v) is 6.41. The maximum Gasteiger partial charge on any atom is 0.244 e. The van der Waals surface area contributed by atoms with Crippen LogP contribution >= 0.6 is 31.9 Å². The monoisotopic (exact) mass is 396 g/mol. The first-order chi connectivity index (χ1) is 8.45. The van der Waals surface area contributed by atoms with E-state index in [0.29, 0.717) is 22.5 Å². The molecule has 0 radical (unpaired) electrons. The number of halogens is 2. The molecule has 1 saturated heterocycles. The Morgan fingerprint density at radius 1 is 1.39 bits per heavy atom. The molecule has 0 amide bonds. The lowest BCUT2D eigenvalue weighted by Gasteiger charge is -2.17. The van der Waals surface area contributed by atoms with Crippen molar-refractivity contribution < 1.29 is 8.42 Å². The number of benzene rings is 1. The zero-order chi connectivity index (χ0) is 13.3. The minimum absolute atomic E-state index is 0.244. The van der Waals surface area contributed by atoms with E-state index in [4.69, 9.17) is 0 Å². The van der Waals surface area contributed by atoms with Gasteiger partial charge in [0.1, 0.15) is 0 Å². The summed E-state index contributed by atoms with van der Waals surface area (Å²) in [5.74, 6) is 0. The second kappa shape index (κ2) is 5.58. The van der Waals surface area contributed by atoms with Crippen LogP contribution in [-0.2, 0) is 10.0 Å². The molecule has 1 aromatic rings. The van der Waals surface area contributed by atoms with Crippen LogP contribution in [0.2, 0.25) is 0 Å². The van der Waals surface area contributed by atoms with Gasteiger partial charge in [-0.2, -0.15) is 4.31 Å². The van der Waals surface area contributed by atoms with Crippen molar-refractivity contribution in [2.75, 3.05) is 20.1 Å². The van der Waals surface area contributed by atoms with Gasteiger partial charge in [-0.3, -0.25) is 0 Å². The van der Waals surface area contributed by atoms with Gasteiger partial charge >= 0.3 is 0 Å². The first-order valence-electron chi connectivity index (χ1n) is 5.57. The van der Waals surface area contributed by atoms with E-state index in [1.807, 2.05) is 7.05 Å². The average molecular weight is 398 g/mol. The van der Waals surface area contributed by atoms with Gasteiger partial charge in [0.15, 0.2) is 0 Å². The number of likely N-dealkylation sites (N-methyl/N-ethyl adjacent to an activating group) is 1. The van der Waals surface area contributed by atoms with Crippen LogP contribution in [-0.4, -0.2) is 38.9 Å². The maximum atomic E-state index is 12.5. The van der Waals surface area contributed by atoms with E-state index in [1.54, 1.807) is 18.2 Å². The Bertz CT molecular complexity index is 548. The smallest absolute Gasteiger partial charge is 0.244 e. The summed E-state index contributed by atoms with van der Waals surface area (Å²) < 4.78 is 27.9. The van der Waals surface area contributed by atoms with Crippen LogP contribution in [0, 0.1) is 0 Å². The molecule has 1 aliphatic heterocycles. The average Bonchev–Trinajstić information content (AvgIpc) is 2.77. The topological polar surface area (TPSA) is 49.4 Å². The molecular formula is C11H14Br2N2O2S. The molecule has 100 valence electrons. The molecule has 1 unspecified atom stereocenters. The summed E-state index contributed by atoms with van der Waals surface area (Å²) in [7, 11) is -1.55. The Morgan fingerprint density at radius 3 is 2.67 bits per heavy atom. The van der Waals surface area contributed by atoms with Gasteiger partial charge in [-0.1, -0.05) is 15.9 Å². The molecular weight excluding hydrogens is 384 g/mol. The quantitative estimate of drug-likeness (QED) is 0.850. The first-order valence-corrected chi connectivity index (χ1v) is 8.60. The van der Waals surface area contributed by atoms with Crippen molar-refractivity contribution in [3.63, 3.8) is 0 Å². The molecule has 0 aromatic heterocycles. The number of nitrogens with one attached hydrogen (secondary N) is 1. The van der Waals surface area contributed by atoms with E-state index in [9.17, 15) is 8.42 Å². The van der Waals surface area contributed by atoms with E-state index in [2.05, 4.69) is 37.2 Å². The number of rotatable bonds is 3. The molecule has 2 rings (SSSR count). The van der Waals surface area contributed by atoms with Gasteiger partial charge in [-0.15, -0.1) is 0 Å². The second-order valence-electron chi connectivity index (χ2n) is 4.21. The van der Waals surface area contributed by atoms with E-state index in [-0.39, 0.29) is 6.04 Å². The predicted molar refractivity (Wildman–Crippen MR) is 78.1 cm³/mol. The van der Waals surface area contributed by atoms with Gasteiger partial charge in [0.05, 0.1) is 4.90 Å². The van der Waals surface area contributed by atoms with Crippen molar-refractivity contribution in [2.24, 2.45) is 0 Å². The molecule has 0 aliphatic carbocycles. The maximum absolute atomic E-state index is 12.5. The minimum Gasteiger partial charge on any atom is -0.316 e. The standard InChI is InChI=1S/C11H14Br2N2O2S/c1-14-9-4-5-15(7-9)18(16,17)11-3-2-8(12)6-10(11)13/h2-3,6,9,14H,4-5,7H2,1H3. The Labute approximate surface area is 124 Å². The van der Waals surface area contributed by atoms with Gasteiger partial charge in [0, 0.05) is 28.1 Å². The highest BCUT2D eigenvalue weighted by molar-refractivity contribution is 9.11. The number of nitrogens with zero attached hydrogens (tertiary/aromatic N) is 1. The molecule has 0 spiro atoms. The molecule has 1 fully saturated rings. The van der Waals surface area contributed by atoms with Crippen molar-refractivity contribution >= 4 is 41.9 Å². The Kier molecular flexibility index (Phi) is 4.48.